The van der Waals surface area contributed by atoms with E-state index in [1.807, 2.05) is 32.0 Å². The zero-order valence-corrected chi connectivity index (χ0v) is 9.69. The van der Waals surface area contributed by atoms with Gasteiger partial charge in [-0.15, -0.1) is 0 Å². The maximum atomic E-state index is 5.71. The Balaban J connectivity index is 2.73. The Hall–Kier alpha value is -0.660. The SMILES string of the molecule is Cc1cccc(OC/C(Cl)=C/Cl)c1C. The molecule has 0 aromatic heterocycles. The molecule has 76 valence electrons. The first-order valence-electron chi connectivity index (χ1n) is 4.29. The molecule has 3 heteroatoms. The maximum absolute atomic E-state index is 5.71. The Morgan fingerprint density at radius 1 is 1.43 bits per heavy atom. The summed E-state index contributed by atoms with van der Waals surface area (Å²) in [6, 6.07) is 5.91. The third-order valence-corrected chi connectivity index (χ3v) is 2.63. The van der Waals surface area contributed by atoms with Gasteiger partial charge >= 0.3 is 0 Å². The third-order valence-electron chi connectivity index (χ3n) is 2.04. The van der Waals surface area contributed by atoms with Crippen LogP contribution < -0.4 is 4.74 Å². The van der Waals surface area contributed by atoms with E-state index in [4.69, 9.17) is 27.9 Å². The van der Waals surface area contributed by atoms with Crippen molar-refractivity contribution < 1.29 is 4.74 Å². The Bertz CT molecular complexity index is 345. The quantitative estimate of drug-likeness (QED) is 0.763. The van der Waals surface area contributed by atoms with Crippen LogP contribution in [0.1, 0.15) is 11.1 Å². The summed E-state index contributed by atoms with van der Waals surface area (Å²) in [7, 11) is 0. The van der Waals surface area contributed by atoms with Gasteiger partial charge < -0.3 is 4.74 Å². The second-order valence-corrected chi connectivity index (χ2v) is 3.75. The fourth-order valence-corrected chi connectivity index (χ4v) is 1.18. The summed E-state index contributed by atoms with van der Waals surface area (Å²) in [5.74, 6) is 0.849. The summed E-state index contributed by atoms with van der Waals surface area (Å²) in [4.78, 5) is 0. The van der Waals surface area contributed by atoms with E-state index in [0.29, 0.717) is 11.6 Å². The highest BCUT2D eigenvalue weighted by atomic mass is 35.5. The lowest BCUT2D eigenvalue weighted by Crippen LogP contribution is -1.99. The molecule has 0 bridgehead atoms. The number of ether oxygens (including phenoxy) is 1. The highest BCUT2D eigenvalue weighted by molar-refractivity contribution is 6.36. The molecular weight excluding hydrogens is 219 g/mol. The van der Waals surface area contributed by atoms with Crippen LogP contribution in [0.5, 0.6) is 5.75 Å². The van der Waals surface area contributed by atoms with E-state index in [9.17, 15) is 0 Å². The number of halogens is 2. The summed E-state index contributed by atoms with van der Waals surface area (Å²) in [6.45, 7) is 4.37. The molecule has 1 aromatic carbocycles. The van der Waals surface area contributed by atoms with Crippen LogP contribution in [-0.2, 0) is 0 Å². The van der Waals surface area contributed by atoms with Crippen LogP contribution in [-0.4, -0.2) is 6.61 Å². The summed E-state index contributed by atoms with van der Waals surface area (Å²) in [6.07, 6.45) is 0. The molecule has 0 aliphatic carbocycles. The molecule has 0 aliphatic heterocycles. The first kappa shape index (κ1) is 11.4. The maximum Gasteiger partial charge on any atom is 0.125 e. The van der Waals surface area contributed by atoms with Crippen LogP contribution in [0.15, 0.2) is 28.8 Å². The minimum absolute atomic E-state index is 0.315. The van der Waals surface area contributed by atoms with E-state index in [1.54, 1.807) is 0 Å². The molecule has 0 fully saturated rings. The molecule has 0 radical (unpaired) electrons. The second-order valence-electron chi connectivity index (χ2n) is 3.04. The Labute approximate surface area is 94.3 Å². The molecule has 0 N–H and O–H groups in total. The van der Waals surface area contributed by atoms with Gasteiger partial charge in [0.15, 0.2) is 0 Å². The number of benzene rings is 1. The Morgan fingerprint density at radius 3 is 2.79 bits per heavy atom. The Kier molecular flexibility index (Phi) is 4.30. The third kappa shape index (κ3) is 2.93. The number of hydrogen-bond donors (Lipinski definition) is 0. The van der Waals surface area contributed by atoms with Crippen LogP contribution in [0.2, 0.25) is 0 Å². The minimum Gasteiger partial charge on any atom is -0.488 e. The van der Waals surface area contributed by atoms with Gasteiger partial charge in [-0.05, 0) is 31.0 Å². The zero-order valence-electron chi connectivity index (χ0n) is 8.18. The Morgan fingerprint density at radius 2 is 2.14 bits per heavy atom. The van der Waals surface area contributed by atoms with Crippen molar-refractivity contribution in [2.24, 2.45) is 0 Å². The molecule has 14 heavy (non-hydrogen) atoms. The molecule has 0 aliphatic rings. The summed E-state index contributed by atoms with van der Waals surface area (Å²) >= 11 is 11.1. The summed E-state index contributed by atoms with van der Waals surface area (Å²) < 4.78 is 5.49. The molecule has 1 rings (SSSR count). The van der Waals surface area contributed by atoms with Crippen LogP contribution in [0, 0.1) is 13.8 Å². The van der Waals surface area contributed by atoms with Crippen molar-refractivity contribution in [1.29, 1.82) is 0 Å². The van der Waals surface area contributed by atoms with Gasteiger partial charge in [-0.3, -0.25) is 0 Å². The highest BCUT2D eigenvalue weighted by Gasteiger charge is 2.01. The first-order valence-corrected chi connectivity index (χ1v) is 5.10. The normalized spacial score (nSPS) is 11.6. The van der Waals surface area contributed by atoms with E-state index in [-0.39, 0.29) is 0 Å². The van der Waals surface area contributed by atoms with Gasteiger partial charge in [0.25, 0.3) is 0 Å². The average Bonchev–Trinajstić information content (AvgIpc) is 2.20. The van der Waals surface area contributed by atoms with Crippen LogP contribution in [0.4, 0.5) is 0 Å². The minimum atomic E-state index is 0.315. The van der Waals surface area contributed by atoms with Crippen LogP contribution in [0.25, 0.3) is 0 Å². The standard InChI is InChI=1S/C11H12Cl2O/c1-8-4-3-5-11(9(8)2)14-7-10(13)6-12/h3-6H,7H2,1-2H3/b10-6-. The van der Waals surface area contributed by atoms with Crippen LogP contribution >= 0.6 is 23.2 Å². The van der Waals surface area contributed by atoms with Gasteiger partial charge in [-0.25, -0.2) is 0 Å². The van der Waals surface area contributed by atoms with Crippen molar-refractivity contribution in [3.63, 3.8) is 0 Å². The van der Waals surface area contributed by atoms with Crippen molar-refractivity contribution in [3.8, 4) is 5.75 Å². The predicted octanol–water partition coefficient (Wildman–Crippen LogP) is 4.00. The lowest BCUT2D eigenvalue weighted by molar-refractivity contribution is 0.356. The molecule has 0 atom stereocenters. The number of hydrogen-bond acceptors (Lipinski definition) is 1. The van der Waals surface area contributed by atoms with Crippen molar-refractivity contribution in [2.45, 2.75) is 13.8 Å². The van der Waals surface area contributed by atoms with E-state index in [1.165, 1.54) is 11.1 Å². The monoisotopic (exact) mass is 230 g/mol. The lowest BCUT2D eigenvalue weighted by Gasteiger charge is -2.09. The molecular formula is C11H12Cl2O. The number of aryl methyl sites for hydroxylation is 1. The van der Waals surface area contributed by atoms with E-state index >= 15 is 0 Å². The summed E-state index contributed by atoms with van der Waals surface area (Å²) in [5.41, 5.74) is 3.65. The van der Waals surface area contributed by atoms with E-state index in [0.717, 1.165) is 11.3 Å². The van der Waals surface area contributed by atoms with E-state index in [2.05, 4.69) is 0 Å². The van der Waals surface area contributed by atoms with Gasteiger partial charge in [0.05, 0.1) is 5.03 Å². The average molecular weight is 231 g/mol. The molecule has 0 heterocycles. The predicted molar refractivity (Wildman–Crippen MR) is 61.2 cm³/mol. The van der Waals surface area contributed by atoms with Gasteiger partial charge in [-0.2, -0.15) is 0 Å². The topological polar surface area (TPSA) is 9.23 Å². The number of rotatable bonds is 3. The molecule has 0 saturated heterocycles. The molecule has 1 aromatic rings. The van der Waals surface area contributed by atoms with Gasteiger partial charge in [0.2, 0.25) is 0 Å². The van der Waals surface area contributed by atoms with Crippen molar-refractivity contribution in [1.82, 2.24) is 0 Å². The zero-order chi connectivity index (χ0) is 10.6. The first-order chi connectivity index (χ1) is 6.65. The van der Waals surface area contributed by atoms with Gasteiger partial charge in [0, 0.05) is 5.54 Å². The highest BCUT2D eigenvalue weighted by Crippen LogP contribution is 2.21. The largest absolute Gasteiger partial charge is 0.488 e. The van der Waals surface area contributed by atoms with Crippen molar-refractivity contribution in [2.75, 3.05) is 6.61 Å². The van der Waals surface area contributed by atoms with Gasteiger partial charge in [0.1, 0.15) is 12.4 Å². The lowest BCUT2D eigenvalue weighted by atomic mass is 10.1. The van der Waals surface area contributed by atoms with Gasteiger partial charge in [-0.1, -0.05) is 35.3 Å². The summed E-state index contributed by atoms with van der Waals surface area (Å²) in [5, 5.41) is 0.493. The molecule has 0 amide bonds. The molecule has 0 spiro atoms. The van der Waals surface area contributed by atoms with Crippen molar-refractivity contribution in [3.05, 3.63) is 39.9 Å². The molecule has 0 saturated carbocycles. The van der Waals surface area contributed by atoms with Crippen LogP contribution in [0.3, 0.4) is 0 Å². The molecule has 0 unspecified atom stereocenters. The second kappa shape index (κ2) is 5.28. The van der Waals surface area contributed by atoms with Crippen molar-refractivity contribution >= 4 is 23.2 Å². The molecule has 1 nitrogen and oxygen atoms in total. The smallest absolute Gasteiger partial charge is 0.125 e. The fraction of sp³-hybridized carbons (Fsp3) is 0.273. The van der Waals surface area contributed by atoms with E-state index < -0.39 is 0 Å². The fourth-order valence-electron chi connectivity index (χ4n) is 1.06.